The van der Waals surface area contributed by atoms with Crippen LogP contribution < -0.4 is 30.2 Å². The molecule has 0 radical (unpaired) electrons. The predicted molar refractivity (Wildman–Crippen MR) is 165 cm³/mol. The topological polar surface area (TPSA) is 149 Å². The maximum absolute atomic E-state index is 13.0. The van der Waals surface area contributed by atoms with Crippen molar-refractivity contribution < 1.29 is 38.2 Å². The third-order valence-electron chi connectivity index (χ3n) is 6.88. The molecule has 3 N–H and O–H groups in total. The Labute approximate surface area is 258 Å². The van der Waals surface area contributed by atoms with Crippen molar-refractivity contribution in [1.82, 2.24) is 16.0 Å². The van der Waals surface area contributed by atoms with Gasteiger partial charge in [0.25, 0.3) is 0 Å². The molecule has 11 heteroatoms. The SMILES string of the molecule is CC(=O)Oc1c(OC(=O)CNC(=O)CCC(NC(=O)C(C)(C)C)C(=O)NC(C)(C)C)c2c(c3ccccc13)OC(C)(C)CC2. The van der Waals surface area contributed by atoms with E-state index in [1.54, 1.807) is 32.9 Å². The number of hydrogen-bond donors (Lipinski definition) is 3. The largest absolute Gasteiger partial charge is 0.487 e. The summed E-state index contributed by atoms with van der Waals surface area (Å²) in [5.74, 6) is -1.87. The number of fused-ring (bicyclic) bond motifs is 3. The molecular formula is C33H45N3O8. The number of nitrogens with one attached hydrogen (secondary N) is 3. The molecule has 0 saturated carbocycles. The Bertz CT molecular complexity index is 1450. The van der Waals surface area contributed by atoms with Gasteiger partial charge >= 0.3 is 11.9 Å². The van der Waals surface area contributed by atoms with Crippen molar-refractivity contribution in [2.75, 3.05) is 6.54 Å². The third-order valence-corrected chi connectivity index (χ3v) is 6.88. The van der Waals surface area contributed by atoms with Crippen molar-refractivity contribution in [3.63, 3.8) is 0 Å². The quantitative estimate of drug-likeness (QED) is 0.283. The van der Waals surface area contributed by atoms with Crippen LogP contribution in [0.25, 0.3) is 10.8 Å². The zero-order chi connectivity index (χ0) is 33.0. The molecule has 1 aliphatic rings. The van der Waals surface area contributed by atoms with E-state index in [0.29, 0.717) is 29.5 Å². The van der Waals surface area contributed by atoms with E-state index in [-0.39, 0.29) is 30.2 Å². The zero-order valence-electron chi connectivity index (χ0n) is 27.2. The monoisotopic (exact) mass is 611 g/mol. The molecule has 240 valence electrons. The highest BCUT2D eigenvalue weighted by atomic mass is 16.6. The van der Waals surface area contributed by atoms with Crippen molar-refractivity contribution in [2.24, 2.45) is 5.41 Å². The fourth-order valence-electron chi connectivity index (χ4n) is 4.64. The van der Waals surface area contributed by atoms with Gasteiger partial charge in [-0.3, -0.25) is 19.2 Å². The average molecular weight is 612 g/mol. The van der Waals surface area contributed by atoms with Crippen LogP contribution in [0.3, 0.4) is 0 Å². The van der Waals surface area contributed by atoms with E-state index in [9.17, 15) is 24.0 Å². The molecule has 0 fully saturated rings. The molecule has 3 amide bonds. The second kappa shape index (κ2) is 13.2. The Hall–Kier alpha value is -4.15. The standard InChI is InChI=1S/C33H45N3O8/c1-19(37)42-27-21-13-11-10-12-20(21)26-22(16-17-33(8,9)44-26)28(27)43-25(39)18-34-24(38)15-14-23(29(40)36-32(5,6)7)35-30(41)31(2,3)4/h10-13,23H,14-18H2,1-9H3,(H,34,38)(H,35,41)(H,36,40). The summed E-state index contributed by atoms with van der Waals surface area (Å²) in [5, 5.41) is 9.35. The highest BCUT2D eigenvalue weighted by molar-refractivity contribution is 6.00. The van der Waals surface area contributed by atoms with Gasteiger partial charge in [-0.05, 0) is 53.9 Å². The number of carbonyl (C=O) groups excluding carboxylic acids is 5. The highest BCUT2D eigenvalue weighted by Crippen LogP contribution is 2.50. The summed E-state index contributed by atoms with van der Waals surface area (Å²) in [5.41, 5.74) is -1.13. The number of hydrogen-bond acceptors (Lipinski definition) is 8. The Balaban J connectivity index is 1.75. The molecule has 11 nitrogen and oxygen atoms in total. The van der Waals surface area contributed by atoms with Crippen molar-refractivity contribution in [3.8, 4) is 17.2 Å². The number of ether oxygens (including phenoxy) is 3. The summed E-state index contributed by atoms with van der Waals surface area (Å²) < 4.78 is 17.6. The van der Waals surface area contributed by atoms with E-state index < -0.39 is 52.9 Å². The smallest absolute Gasteiger partial charge is 0.330 e. The molecule has 0 bridgehead atoms. The summed E-state index contributed by atoms with van der Waals surface area (Å²) in [6.45, 7) is 15.4. The summed E-state index contributed by atoms with van der Waals surface area (Å²) >= 11 is 0. The number of rotatable bonds is 9. The van der Waals surface area contributed by atoms with Crippen LogP contribution in [0, 0.1) is 5.41 Å². The van der Waals surface area contributed by atoms with E-state index in [4.69, 9.17) is 14.2 Å². The van der Waals surface area contributed by atoms with Gasteiger partial charge in [0.05, 0.1) is 0 Å². The van der Waals surface area contributed by atoms with Crippen molar-refractivity contribution in [3.05, 3.63) is 29.8 Å². The summed E-state index contributed by atoms with van der Waals surface area (Å²) in [7, 11) is 0. The van der Waals surface area contributed by atoms with Gasteiger partial charge in [0, 0.05) is 40.6 Å². The second-order valence-corrected chi connectivity index (χ2v) is 13.8. The van der Waals surface area contributed by atoms with Crippen molar-refractivity contribution in [1.29, 1.82) is 0 Å². The fourth-order valence-corrected chi connectivity index (χ4v) is 4.64. The first-order chi connectivity index (χ1) is 20.3. The third kappa shape index (κ3) is 9.17. The summed E-state index contributed by atoms with van der Waals surface area (Å²) in [6.07, 6.45) is 1.03. The first-order valence-electron chi connectivity index (χ1n) is 14.8. The van der Waals surface area contributed by atoms with Crippen LogP contribution in [-0.2, 0) is 30.4 Å². The maximum Gasteiger partial charge on any atom is 0.330 e. The van der Waals surface area contributed by atoms with E-state index in [0.717, 1.165) is 5.39 Å². The maximum atomic E-state index is 13.0. The highest BCUT2D eigenvalue weighted by Gasteiger charge is 2.34. The first kappa shape index (κ1) is 34.3. The fraction of sp³-hybridized carbons (Fsp3) is 0.545. The van der Waals surface area contributed by atoms with Gasteiger partial charge in [-0.15, -0.1) is 0 Å². The molecular weight excluding hydrogens is 566 g/mol. The second-order valence-electron chi connectivity index (χ2n) is 13.8. The predicted octanol–water partition coefficient (Wildman–Crippen LogP) is 4.12. The van der Waals surface area contributed by atoms with Gasteiger partial charge in [0.2, 0.25) is 17.7 Å². The number of esters is 2. The van der Waals surface area contributed by atoms with Crippen LogP contribution in [0.4, 0.5) is 0 Å². The molecule has 3 rings (SSSR count). The molecule has 1 heterocycles. The van der Waals surface area contributed by atoms with E-state index in [1.165, 1.54) is 6.92 Å². The Kier molecular flexibility index (Phi) is 10.3. The van der Waals surface area contributed by atoms with E-state index in [2.05, 4.69) is 16.0 Å². The number of benzene rings is 2. The normalized spacial score (nSPS) is 14.8. The molecule has 1 aliphatic heterocycles. The van der Waals surface area contributed by atoms with Crippen molar-refractivity contribution >= 4 is 40.4 Å². The van der Waals surface area contributed by atoms with Gasteiger partial charge in [-0.25, -0.2) is 4.79 Å². The molecule has 1 atom stereocenters. The summed E-state index contributed by atoms with van der Waals surface area (Å²) in [4.78, 5) is 63.3. The molecule has 0 spiro atoms. The minimum Gasteiger partial charge on any atom is -0.487 e. The minimum atomic E-state index is -0.946. The lowest BCUT2D eigenvalue weighted by Gasteiger charge is -2.34. The van der Waals surface area contributed by atoms with Crippen LogP contribution in [0.15, 0.2) is 24.3 Å². The first-order valence-corrected chi connectivity index (χ1v) is 14.8. The average Bonchev–Trinajstić information content (AvgIpc) is 2.89. The minimum absolute atomic E-state index is 0.0204. The van der Waals surface area contributed by atoms with Gasteiger partial charge in [0.15, 0.2) is 11.5 Å². The van der Waals surface area contributed by atoms with Crippen LogP contribution in [0.5, 0.6) is 17.2 Å². The van der Waals surface area contributed by atoms with Gasteiger partial charge in [0.1, 0.15) is 23.9 Å². The molecule has 2 aromatic carbocycles. The van der Waals surface area contributed by atoms with Gasteiger partial charge in [-0.2, -0.15) is 0 Å². The van der Waals surface area contributed by atoms with Crippen LogP contribution in [-0.4, -0.2) is 53.4 Å². The lowest BCUT2D eigenvalue weighted by molar-refractivity contribution is -0.137. The van der Waals surface area contributed by atoms with E-state index in [1.807, 2.05) is 46.8 Å². The van der Waals surface area contributed by atoms with Gasteiger partial charge < -0.3 is 30.2 Å². The van der Waals surface area contributed by atoms with Crippen LogP contribution >= 0.6 is 0 Å². The molecule has 0 aromatic heterocycles. The zero-order valence-corrected chi connectivity index (χ0v) is 27.2. The van der Waals surface area contributed by atoms with Crippen LogP contribution in [0.1, 0.15) is 87.1 Å². The molecule has 0 saturated heterocycles. The van der Waals surface area contributed by atoms with Gasteiger partial charge in [-0.1, -0.05) is 45.0 Å². The molecule has 0 aliphatic carbocycles. The lowest BCUT2D eigenvalue weighted by Crippen LogP contribution is -2.54. The molecule has 44 heavy (non-hydrogen) atoms. The number of amides is 3. The van der Waals surface area contributed by atoms with E-state index >= 15 is 0 Å². The molecule has 1 unspecified atom stereocenters. The number of carbonyl (C=O) groups is 5. The Morgan fingerprint density at radius 1 is 0.955 bits per heavy atom. The Morgan fingerprint density at radius 3 is 2.18 bits per heavy atom. The Morgan fingerprint density at radius 2 is 1.59 bits per heavy atom. The molecule has 2 aromatic rings. The lowest BCUT2D eigenvalue weighted by atomic mass is 9.91. The summed E-state index contributed by atoms with van der Waals surface area (Å²) in [6, 6.07) is 6.28. The van der Waals surface area contributed by atoms with Crippen LogP contribution in [0.2, 0.25) is 0 Å². The van der Waals surface area contributed by atoms with Crippen molar-refractivity contribution in [2.45, 2.75) is 105 Å².